The molecule has 1 heterocycles. The first-order chi connectivity index (χ1) is 15.7. The summed E-state index contributed by atoms with van der Waals surface area (Å²) in [5.74, 6) is 0.791. The van der Waals surface area contributed by atoms with Gasteiger partial charge < -0.3 is 4.74 Å². The highest BCUT2D eigenvalue weighted by atomic mass is 16.5. The van der Waals surface area contributed by atoms with Gasteiger partial charge >= 0.3 is 0 Å². The molecule has 0 saturated carbocycles. The van der Waals surface area contributed by atoms with E-state index in [1.807, 2.05) is 103 Å². The lowest BCUT2D eigenvalue weighted by Crippen LogP contribution is -2.25. The minimum absolute atomic E-state index is 0.0332. The second-order valence-corrected chi connectivity index (χ2v) is 7.64. The first-order valence-corrected chi connectivity index (χ1v) is 10.8. The van der Waals surface area contributed by atoms with Crippen molar-refractivity contribution in [3.63, 3.8) is 0 Å². The molecule has 4 aromatic rings. The number of hydrogen-bond donors (Lipinski definition) is 0. The molecule has 156 valence electrons. The van der Waals surface area contributed by atoms with E-state index in [1.54, 1.807) is 0 Å². The summed E-state index contributed by atoms with van der Waals surface area (Å²) in [5.41, 5.74) is 4.38. The molecule has 3 nitrogen and oxygen atoms in total. The van der Waals surface area contributed by atoms with Crippen LogP contribution in [0.2, 0.25) is 0 Å². The predicted octanol–water partition coefficient (Wildman–Crippen LogP) is 6.71. The third kappa shape index (κ3) is 3.69. The Hall–Kier alpha value is -4.11. The molecular weight excluding hydrogens is 394 g/mol. The molecule has 4 aromatic carbocycles. The molecule has 1 aliphatic rings. The smallest absolute Gasteiger partial charge is 0.262 e. The van der Waals surface area contributed by atoms with Crippen LogP contribution in [0.15, 0.2) is 109 Å². The van der Waals surface area contributed by atoms with Gasteiger partial charge in [-0.15, -0.1) is 0 Å². The van der Waals surface area contributed by atoms with E-state index >= 15 is 0 Å². The Morgan fingerprint density at radius 2 is 1.53 bits per heavy atom. The molecule has 0 fully saturated rings. The number of carbonyl (C=O) groups is 1. The molecule has 0 aliphatic carbocycles. The van der Waals surface area contributed by atoms with E-state index in [2.05, 4.69) is 18.2 Å². The summed E-state index contributed by atoms with van der Waals surface area (Å²) in [6, 6.07) is 32.1. The Morgan fingerprint density at radius 1 is 0.812 bits per heavy atom. The van der Waals surface area contributed by atoms with Crippen LogP contribution in [0.25, 0.3) is 22.5 Å². The average molecular weight is 418 g/mol. The van der Waals surface area contributed by atoms with Crippen molar-refractivity contribution in [2.45, 2.75) is 6.92 Å². The van der Waals surface area contributed by atoms with Crippen molar-refractivity contribution in [2.75, 3.05) is 11.5 Å². The van der Waals surface area contributed by atoms with E-state index < -0.39 is 0 Å². The SMILES string of the molecule is CCOc1ccc(/C=C2\C=C(c3ccccc3)N(c3cccc4ccccc34)C2=O)cc1. The van der Waals surface area contributed by atoms with Crippen molar-refractivity contribution in [1.82, 2.24) is 0 Å². The number of benzene rings is 4. The summed E-state index contributed by atoms with van der Waals surface area (Å²) in [4.78, 5) is 15.5. The lowest BCUT2D eigenvalue weighted by atomic mass is 10.1. The Balaban J connectivity index is 1.62. The van der Waals surface area contributed by atoms with Crippen molar-refractivity contribution in [3.8, 4) is 5.75 Å². The van der Waals surface area contributed by atoms with Crippen molar-refractivity contribution >= 4 is 34.1 Å². The molecule has 0 N–H and O–H groups in total. The Labute approximate surface area is 187 Å². The van der Waals surface area contributed by atoms with Crippen LogP contribution in [0.3, 0.4) is 0 Å². The minimum Gasteiger partial charge on any atom is -0.494 e. The second-order valence-electron chi connectivity index (χ2n) is 7.64. The van der Waals surface area contributed by atoms with Gasteiger partial charge in [0.2, 0.25) is 0 Å². The number of ether oxygens (including phenoxy) is 1. The van der Waals surface area contributed by atoms with Gasteiger partial charge in [0.25, 0.3) is 5.91 Å². The molecule has 1 aliphatic heterocycles. The van der Waals surface area contributed by atoms with E-state index in [-0.39, 0.29) is 5.91 Å². The standard InChI is InChI=1S/C29H23NO2/c1-2-32-25-17-15-21(16-18-25)19-24-20-28(23-10-4-3-5-11-23)30(29(24)31)27-14-8-12-22-9-6-7-13-26(22)27/h3-20H,2H2,1H3/b24-19+. The average Bonchev–Trinajstić information content (AvgIpc) is 3.16. The van der Waals surface area contributed by atoms with Gasteiger partial charge in [0.05, 0.1) is 18.0 Å². The molecular formula is C29H23NO2. The number of nitrogens with zero attached hydrogens (tertiary/aromatic N) is 1. The summed E-state index contributed by atoms with van der Waals surface area (Å²) < 4.78 is 5.53. The third-order valence-electron chi connectivity index (χ3n) is 5.57. The zero-order valence-electron chi connectivity index (χ0n) is 17.9. The summed E-state index contributed by atoms with van der Waals surface area (Å²) in [6.45, 7) is 2.59. The summed E-state index contributed by atoms with van der Waals surface area (Å²) >= 11 is 0. The fourth-order valence-corrected chi connectivity index (χ4v) is 4.09. The van der Waals surface area contributed by atoms with Crippen LogP contribution in [0, 0.1) is 0 Å². The highest BCUT2D eigenvalue weighted by Gasteiger charge is 2.31. The highest BCUT2D eigenvalue weighted by molar-refractivity contribution is 6.25. The number of amides is 1. The third-order valence-corrected chi connectivity index (χ3v) is 5.57. The van der Waals surface area contributed by atoms with Crippen molar-refractivity contribution in [3.05, 3.63) is 120 Å². The molecule has 32 heavy (non-hydrogen) atoms. The summed E-state index contributed by atoms with van der Waals surface area (Å²) in [6.07, 6.45) is 3.92. The minimum atomic E-state index is -0.0332. The van der Waals surface area contributed by atoms with Gasteiger partial charge in [0.1, 0.15) is 5.75 Å². The van der Waals surface area contributed by atoms with Gasteiger partial charge in [0, 0.05) is 11.0 Å². The van der Waals surface area contributed by atoms with Crippen molar-refractivity contribution < 1.29 is 9.53 Å². The molecule has 0 atom stereocenters. The number of fused-ring (bicyclic) bond motifs is 1. The molecule has 0 radical (unpaired) electrons. The maximum Gasteiger partial charge on any atom is 0.262 e. The van der Waals surface area contributed by atoms with Crippen molar-refractivity contribution in [1.29, 1.82) is 0 Å². The molecule has 0 saturated heterocycles. The quantitative estimate of drug-likeness (QED) is 0.338. The van der Waals surface area contributed by atoms with Gasteiger partial charge in [-0.1, -0.05) is 78.9 Å². The van der Waals surface area contributed by atoms with Crippen LogP contribution in [0.1, 0.15) is 18.1 Å². The largest absolute Gasteiger partial charge is 0.494 e. The molecule has 0 bridgehead atoms. The zero-order chi connectivity index (χ0) is 21.9. The van der Waals surface area contributed by atoms with Gasteiger partial charge in [-0.2, -0.15) is 0 Å². The normalized spacial score (nSPS) is 14.8. The molecule has 0 unspecified atom stereocenters. The molecule has 1 amide bonds. The lowest BCUT2D eigenvalue weighted by Gasteiger charge is -2.22. The topological polar surface area (TPSA) is 29.5 Å². The monoisotopic (exact) mass is 417 g/mol. The maximum atomic E-state index is 13.7. The number of hydrogen-bond acceptors (Lipinski definition) is 2. The Kier molecular flexibility index (Phi) is 5.30. The molecule has 0 spiro atoms. The van der Waals surface area contributed by atoms with E-state index in [1.165, 1.54) is 0 Å². The predicted molar refractivity (Wildman–Crippen MR) is 131 cm³/mol. The summed E-state index contributed by atoms with van der Waals surface area (Å²) in [5, 5.41) is 2.15. The first kappa shape index (κ1) is 19.8. The zero-order valence-corrected chi connectivity index (χ0v) is 17.9. The molecule has 3 heteroatoms. The van der Waals surface area contributed by atoms with Crippen LogP contribution < -0.4 is 9.64 Å². The highest BCUT2D eigenvalue weighted by Crippen LogP contribution is 2.38. The van der Waals surface area contributed by atoms with Gasteiger partial charge in [-0.25, -0.2) is 0 Å². The van der Waals surface area contributed by atoms with Crippen LogP contribution in [-0.2, 0) is 4.79 Å². The Morgan fingerprint density at radius 3 is 2.31 bits per heavy atom. The summed E-state index contributed by atoms with van der Waals surface area (Å²) in [7, 11) is 0. The number of carbonyl (C=O) groups excluding carboxylic acids is 1. The number of anilines is 1. The van der Waals surface area contributed by atoms with Crippen molar-refractivity contribution in [2.24, 2.45) is 0 Å². The van der Waals surface area contributed by atoms with E-state index in [0.29, 0.717) is 12.2 Å². The van der Waals surface area contributed by atoms with Gasteiger partial charge in [-0.05, 0) is 53.8 Å². The van der Waals surface area contributed by atoms with Crippen LogP contribution in [0.5, 0.6) is 5.75 Å². The van der Waals surface area contributed by atoms with E-state index in [4.69, 9.17) is 4.74 Å². The van der Waals surface area contributed by atoms with E-state index in [0.717, 1.165) is 39.0 Å². The fourth-order valence-electron chi connectivity index (χ4n) is 4.09. The second kappa shape index (κ2) is 8.56. The van der Waals surface area contributed by atoms with Gasteiger partial charge in [0.15, 0.2) is 0 Å². The lowest BCUT2D eigenvalue weighted by molar-refractivity contribution is -0.113. The van der Waals surface area contributed by atoms with Gasteiger partial charge in [-0.3, -0.25) is 9.69 Å². The first-order valence-electron chi connectivity index (χ1n) is 10.8. The van der Waals surface area contributed by atoms with Crippen LogP contribution in [-0.4, -0.2) is 12.5 Å². The van der Waals surface area contributed by atoms with Crippen LogP contribution in [0.4, 0.5) is 5.69 Å². The fraction of sp³-hybridized carbons (Fsp3) is 0.0690. The van der Waals surface area contributed by atoms with Crippen LogP contribution >= 0.6 is 0 Å². The number of rotatable bonds is 5. The maximum absolute atomic E-state index is 13.7. The van der Waals surface area contributed by atoms with E-state index in [9.17, 15) is 4.79 Å². The Bertz CT molecular complexity index is 1330. The molecule has 5 rings (SSSR count). The molecule has 0 aromatic heterocycles.